The topological polar surface area (TPSA) is 73.7 Å². The first-order valence-electron chi connectivity index (χ1n) is 7.74. The highest BCUT2D eigenvalue weighted by Gasteiger charge is 2.31. The molecule has 2 aliphatic heterocycles. The zero-order valence-electron chi connectivity index (χ0n) is 12.8. The summed E-state index contributed by atoms with van der Waals surface area (Å²) >= 11 is 0. The molecule has 0 amide bonds. The van der Waals surface area contributed by atoms with Gasteiger partial charge in [-0.3, -0.25) is 4.68 Å². The van der Waals surface area contributed by atoms with E-state index < -0.39 is 10.0 Å². The number of nitrogens with zero attached hydrogens (tertiary/aromatic N) is 3. The third-order valence-corrected chi connectivity index (χ3v) is 6.11. The Morgan fingerprint density at radius 1 is 1.36 bits per heavy atom. The summed E-state index contributed by atoms with van der Waals surface area (Å²) < 4.78 is 39.5. The van der Waals surface area contributed by atoms with E-state index >= 15 is 0 Å². The Morgan fingerprint density at radius 3 is 2.91 bits per heavy atom. The van der Waals surface area contributed by atoms with Crippen molar-refractivity contribution in [3.05, 3.63) is 18.0 Å². The van der Waals surface area contributed by atoms with Gasteiger partial charge < -0.3 is 9.47 Å². The smallest absolute Gasteiger partial charge is 0.214 e. The minimum absolute atomic E-state index is 0.102. The van der Waals surface area contributed by atoms with E-state index in [0.717, 1.165) is 25.0 Å². The lowest BCUT2D eigenvalue weighted by Gasteiger charge is -2.32. The zero-order chi connectivity index (χ0) is 15.6. The molecule has 0 radical (unpaired) electrons. The number of aromatic nitrogens is 2. The molecule has 0 unspecified atom stereocenters. The van der Waals surface area contributed by atoms with Crippen molar-refractivity contribution in [1.29, 1.82) is 0 Å². The van der Waals surface area contributed by atoms with Gasteiger partial charge in [-0.2, -0.15) is 9.40 Å². The van der Waals surface area contributed by atoms with Crippen molar-refractivity contribution in [3.63, 3.8) is 0 Å². The maximum absolute atomic E-state index is 12.5. The van der Waals surface area contributed by atoms with Crippen LogP contribution in [0.3, 0.4) is 0 Å². The highest BCUT2D eigenvalue weighted by atomic mass is 32.2. The molecule has 0 bridgehead atoms. The van der Waals surface area contributed by atoms with Crippen molar-refractivity contribution < 1.29 is 17.9 Å². The molecule has 0 N–H and O–H groups in total. The minimum atomic E-state index is -3.26. The first-order valence-corrected chi connectivity index (χ1v) is 9.35. The Hall–Kier alpha value is -0.960. The summed E-state index contributed by atoms with van der Waals surface area (Å²) in [6.07, 6.45) is 6.05. The molecule has 124 valence electrons. The van der Waals surface area contributed by atoms with E-state index in [1.54, 1.807) is 15.2 Å². The molecule has 22 heavy (non-hydrogen) atoms. The summed E-state index contributed by atoms with van der Waals surface area (Å²) in [7, 11) is -1.42. The van der Waals surface area contributed by atoms with Crippen molar-refractivity contribution in [3.8, 4) is 0 Å². The van der Waals surface area contributed by atoms with Gasteiger partial charge in [0.1, 0.15) is 0 Å². The maximum atomic E-state index is 12.5. The molecule has 2 atom stereocenters. The summed E-state index contributed by atoms with van der Waals surface area (Å²) in [5.41, 5.74) is 0.918. The van der Waals surface area contributed by atoms with Gasteiger partial charge in [-0.25, -0.2) is 8.42 Å². The fraction of sp³-hybridized carbons (Fsp3) is 0.786. The number of ether oxygens (including phenoxy) is 2. The van der Waals surface area contributed by atoms with Crippen LogP contribution in [0.25, 0.3) is 0 Å². The van der Waals surface area contributed by atoms with E-state index in [2.05, 4.69) is 5.10 Å². The zero-order valence-corrected chi connectivity index (χ0v) is 13.7. The van der Waals surface area contributed by atoms with Gasteiger partial charge >= 0.3 is 0 Å². The van der Waals surface area contributed by atoms with Crippen molar-refractivity contribution in [2.45, 2.75) is 31.5 Å². The lowest BCUT2D eigenvalue weighted by molar-refractivity contribution is -0.00269. The molecule has 2 saturated heterocycles. The van der Waals surface area contributed by atoms with E-state index in [0.29, 0.717) is 26.1 Å². The third-order valence-electron chi connectivity index (χ3n) is 4.24. The monoisotopic (exact) mass is 329 g/mol. The van der Waals surface area contributed by atoms with Gasteiger partial charge in [0.05, 0.1) is 30.8 Å². The lowest BCUT2D eigenvalue weighted by Crippen LogP contribution is -2.43. The van der Waals surface area contributed by atoms with Gasteiger partial charge in [-0.1, -0.05) is 0 Å². The van der Waals surface area contributed by atoms with Crippen molar-refractivity contribution in [2.75, 3.05) is 32.1 Å². The Labute approximate surface area is 131 Å². The van der Waals surface area contributed by atoms with Gasteiger partial charge in [0, 0.05) is 38.5 Å². The predicted octanol–water partition coefficient (Wildman–Crippen LogP) is 0.692. The number of rotatable bonds is 5. The van der Waals surface area contributed by atoms with Crippen LogP contribution in [0.4, 0.5) is 0 Å². The van der Waals surface area contributed by atoms with Gasteiger partial charge in [0.25, 0.3) is 0 Å². The van der Waals surface area contributed by atoms with E-state index in [1.165, 1.54) is 0 Å². The van der Waals surface area contributed by atoms with Crippen LogP contribution in [0.5, 0.6) is 0 Å². The SMILES string of the molecule is Cn1cc([C@H]2CN(S(=O)(=O)CC[C@H]3CCCO3)CCO2)cn1. The molecule has 7 nitrogen and oxygen atoms in total. The molecule has 2 aliphatic rings. The van der Waals surface area contributed by atoms with Crippen LogP contribution in [-0.4, -0.2) is 60.7 Å². The molecule has 1 aromatic rings. The molecule has 0 aromatic carbocycles. The summed E-state index contributed by atoms with van der Waals surface area (Å²) in [4.78, 5) is 0. The fourth-order valence-corrected chi connectivity index (χ4v) is 4.50. The molecular weight excluding hydrogens is 306 g/mol. The van der Waals surface area contributed by atoms with Crippen LogP contribution in [0.15, 0.2) is 12.4 Å². The van der Waals surface area contributed by atoms with E-state index in [1.807, 2.05) is 13.2 Å². The summed E-state index contributed by atoms with van der Waals surface area (Å²) in [5.74, 6) is 0.150. The quantitative estimate of drug-likeness (QED) is 0.795. The third kappa shape index (κ3) is 3.68. The molecule has 1 aromatic heterocycles. The molecule has 3 rings (SSSR count). The second-order valence-corrected chi connectivity index (χ2v) is 7.99. The van der Waals surface area contributed by atoms with E-state index in [4.69, 9.17) is 9.47 Å². The number of aryl methyl sites for hydroxylation is 1. The van der Waals surface area contributed by atoms with Crippen LogP contribution in [0.1, 0.15) is 30.9 Å². The molecule has 0 spiro atoms. The molecule has 2 fully saturated rings. The average molecular weight is 329 g/mol. The molecule has 8 heteroatoms. The first kappa shape index (κ1) is 15.9. The number of morpholine rings is 1. The number of sulfonamides is 1. The second-order valence-electron chi connectivity index (χ2n) is 5.90. The highest BCUT2D eigenvalue weighted by molar-refractivity contribution is 7.89. The van der Waals surface area contributed by atoms with Gasteiger partial charge in [-0.05, 0) is 19.3 Å². The Bertz CT molecular complexity index is 595. The molecular formula is C14H23N3O4S. The van der Waals surface area contributed by atoms with Crippen molar-refractivity contribution >= 4 is 10.0 Å². The van der Waals surface area contributed by atoms with Crippen molar-refractivity contribution in [2.24, 2.45) is 7.05 Å². The Balaban J connectivity index is 1.60. The van der Waals surface area contributed by atoms with Crippen LogP contribution in [-0.2, 0) is 26.5 Å². The standard InChI is InChI=1S/C14H23N3O4S/c1-16-10-12(9-15-16)14-11-17(5-7-21-14)22(18,19)8-4-13-3-2-6-20-13/h9-10,13-14H,2-8,11H2,1H3/t13-,14-/m1/s1. The Morgan fingerprint density at radius 2 is 2.23 bits per heavy atom. The van der Waals surface area contributed by atoms with Crippen LogP contribution in [0, 0.1) is 0 Å². The first-order chi connectivity index (χ1) is 10.5. The van der Waals surface area contributed by atoms with Crippen LogP contribution in [0.2, 0.25) is 0 Å². The van der Waals surface area contributed by atoms with Gasteiger partial charge in [0.15, 0.2) is 0 Å². The molecule has 3 heterocycles. The number of hydrogen-bond acceptors (Lipinski definition) is 5. The second kappa shape index (κ2) is 6.66. The summed E-state index contributed by atoms with van der Waals surface area (Å²) in [6.45, 7) is 1.95. The van der Waals surface area contributed by atoms with Gasteiger partial charge in [-0.15, -0.1) is 0 Å². The normalized spacial score (nSPS) is 27.3. The van der Waals surface area contributed by atoms with E-state index in [9.17, 15) is 8.42 Å². The van der Waals surface area contributed by atoms with Gasteiger partial charge in [0.2, 0.25) is 10.0 Å². The van der Waals surface area contributed by atoms with Crippen molar-refractivity contribution in [1.82, 2.24) is 14.1 Å². The summed E-state index contributed by atoms with van der Waals surface area (Å²) in [6, 6.07) is 0. The Kier molecular flexibility index (Phi) is 4.82. The predicted molar refractivity (Wildman–Crippen MR) is 80.9 cm³/mol. The largest absolute Gasteiger partial charge is 0.378 e. The summed E-state index contributed by atoms with van der Waals surface area (Å²) in [5, 5.41) is 4.12. The molecule has 0 saturated carbocycles. The van der Waals surface area contributed by atoms with E-state index in [-0.39, 0.29) is 18.0 Å². The maximum Gasteiger partial charge on any atom is 0.214 e. The number of hydrogen-bond donors (Lipinski definition) is 0. The van der Waals surface area contributed by atoms with Crippen LogP contribution < -0.4 is 0 Å². The lowest BCUT2D eigenvalue weighted by atomic mass is 10.2. The van der Waals surface area contributed by atoms with Crippen LogP contribution >= 0.6 is 0 Å². The average Bonchev–Trinajstić information content (AvgIpc) is 3.17. The fourth-order valence-electron chi connectivity index (χ4n) is 2.97. The molecule has 0 aliphatic carbocycles. The highest BCUT2D eigenvalue weighted by Crippen LogP contribution is 2.24. The minimum Gasteiger partial charge on any atom is -0.378 e.